The Hall–Kier alpha value is -1.66. The molecule has 1 aromatic heterocycles. The van der Waals surface area contributed by atoms with E-state index in [1.165, 1.54) is 0 Å². The lowest BCUT2D eigenvalue weighted by atomic mass is 10.4. The van der Waals surface area contributed by atoms with Crippen molar-refractivity contribution in [1.29, 1.82) is 0 Å². The smallest absolute Gasteiger partial charge is 0.451 e. The van der Waals surface area contributed by atoms with Gasteiger partial charge in [0, 0.05) is 13.1 Å². The molecule has 0 radical (unpaired) electrons. The predicted octanol–water partition coefficient (Wildman–Crippen LogP) is -0.201. The highest BCUT2D eigenvalue weighted by Crippen LogP contribution is 2.13. The summed E-state index contributed by atoms with van der Waals surface area (Å²) >= 11 is 0. The molecule has 7 nitrogen and oxygen atoms in total. The van der Waals surface area contributed by atoms with Crippen molar-refractivity contribution >= 4 is 12.0 Å². The molecule has 1 aliphatic heterocycles. The molecular formula is C6H9N5O2. The van der Waals surface area contributed by atoms with Crippen molar-refractivity contribution in [3.63, 3.8) is 0 Å². The van der Waals surface area contributed by atoms with Gasteiger partial charge in [-0.1, -0.05) is 9.90 Å². The van der Waals surface area contributed by atoms with Gasteiger partial charge in [0.05, 0.1) is 0 Å². The van der Waals surface area contributed by atoms with Crippen molar-refractivity contribution in [2.45, 2.75) is 12.8 Å². The zero-order valence-corrected chi connectivity index (χ0v) is 6.92. The standard InChI is InChI=1S/C6H9N5O2/c12-6(13)11-8-5(7-9-11)10-3-1-2-4-10/h1-4H2,(H,12,13). The van der Waals surface area contributed by atoms with Gasteiger partial charge in [0.1, 0.15) is 0 Å². The number of carbonyl (C=O) groups is 1. The number of anilines is 1. The summed E-state index contributed by atoms with van der Waals surface area (Å²) in [5.41, 5.74) is 0. The molecule has 7 heteroatoms. The second-order valence-electron chi connectivity index (χ2n) is 2.86. The molecular weight excluding hydrogens is 174 g/mol. The maximum Gasteiger partial charge on any atom is 0.451 e. The van der Waals surface area contributed by atoms with Crippen LogP contribution in [0.5, 0.6) is 0 Å². The molecule has 1 N–H and O–H groups in total. The van der Waals surface area contributed by atoms with Crippen LogP contribution >= 0.6 is 0 Å². The first-order valence-electron chi connectivity index (χ1n) is 4.05. The van der Waals surface area contributed by atoms with Crippen LogP contribution in [0.3, 0.4) is 0 Å². The molecule has 2 heterocycles. The average molecular weight is 183 g/mol. The van der Waals surface area contributed by atoms with Gasteiger partial charge in [-0.15, -0.1) is 5.10 Å². The molecule has 0 saturated carbocycles. The van der Waals surface area contributed by atoms with E-state index in [9.17, 15) is 4.79 Å². The van der Waals surface area contributed by atoms with E-state index in [0.717, 1.165) is 25.9 Å². The lowest BCUT2D eigenvalue weighted by Crippen LogP contribution is -2.20. The zero-order chi connectivity index (χ0) is 9.26. The molecule has 0 amide bonds. The van der Waals surface area contributed by atoms with Gasteiger partial charge in [-0.2, -0.15) is 0 Å². The van der Waals surface area contributed by atoms with Gasteiger partial charge in [0.15, 0.2) is 0 Å². The third-order valence-electron chi connectivity index (χ3n) is 1.96. The monoisotopic (exact) mass is 183 g/mol. The van der Waals surface area contributed by atoms with E-state index in [-0.39, 0.29) is 0 Å². The van der Waals surface area contributed by atoms with Crippen molar-refractivity contribution in [2.24, 2.45) is 0 Å². The van der Waals surface area contributed by atoms with Gasteiger partial charge in [-0.05, 0) is 18.1 Å². The number of hydrogen-bond acceptors (Lipinski definition) is 5. The Balaban J connectivity index is 2.16. The Bertz CT molecular complexity index is 317. The fourth-order valence-electron chi connectivity index (χ4n) is 1.33. The molecule has 70 valence electrons. The Morgan fingerprint density at radius 2 is 2.08 bits per heavy atom. The highest BCUT2D eigenvalue weighted by Gasteiger charge is 2.18. The summed E-state index contributed by atoms with van der Waals surface area (Å²) < 4.78 is 0. The minimum Gasteiger partial charge on any atom is -0.462 e. The van der Waals surface area contributed by atoms with E-state index in [1.54, 1.807) is 0 Å². The van der Waals surface area contributed by atoms with Crippen LogP contribution in [0.2, 0.25) is 0 Å². The van der Waals surface area contributed by atoms with Crippen LogP contribution in [-0.4, -0.2) is 44.5 Å². The summed E-state index contributed by atoms with van der Waals surface area (Å²) in [5.74, 6) is 0.403. The fourth-order valence-corrected chi connectivity index (χ4v) is 1.33. The van der Waals surface area contributed by atoms with E-state index < -0.39 is 6.09 Å². The molecule has 1 saturated heterocycles. The van der Waals surface area contributed by atoms with Gasteiger partial charge in [-0.3, -0.25) is 0 Å². The summed E-state index contributed by atoms with van der Waals surface area (Å²) in [4.78, 5) is 12.9. The maximum atomic E-state index is 10.4. The number of tetrazole rings is 1. The maximum absolute atomic E-state index is 10.4. The number of rotatable bonds is 1. The van der Waals surface area contributed by atoms with E-state index in [0.29, 0.717) is 10.7 Å². The second kappa shape index (κ2) is 3.00. The predicted molar refractivity (Wildman–Crippen MR) is 42.7 cm³/mol. The molecule has 2 rings (SSSR count). The Labute approximate surface area is 73.9 Å². The molecule has 0 aromatic carbocycles. The molecule has 0 bridgehead atoms. The van der Waals surface area contributed by atoms with Crippen LogP contribution in [0.25, 0.3) is 0 Å². The SMILES string of the molecule is O=C(O)n1nnc(N2CCCC2)n1. The first kappa shape index (κ1) is 7.96. The molecule has 1 fully saturated rings. The first-order valence-corrected chi connectivity index (χ1v) is 4.05. The lowest BCUT2D eigenvalue weighted by Gasteiger charge is -2.09. The summed E-state index contributed by atoms with van der Waals surface area (Å²) in [6.45, 7) is 1.76. The topological polar surface area (TPSA) is 84.1 Å². The number of aromatic nitrogens is 4. The average Bonchev–Trinajstić information content (AvgIpc) is 2.75. The van der Waals surface area contributed by atoms with Crippen LogP contribution in [-0.2, 0) is 0 Å². The number of carboxylic acid groups (broad SMARTS) is 1. The summed E-state index contributed by atoms with van der Waals surface area (Å²) in [5, 5.41) is 19.3. The molecule has 0 aliphatic carbocycles. The summed E-state index contributed by atoms with van der Waals surface area (Å²) in [6, 6.07) is 0. The third kappa shape index (κ3) is 1.44. The van der Waals surface area contributed by atoms with Gasteiger partial charge in [0.2, 0.25) is 0 Å². The minimum absolute atomic E-state index is 0.403. The fraction of sp³-hybridized carbons (Fsp3) is 0.667. The normalized spacial score (nSPS) is 16.5. The third-order valence-corrected chi connectivity index (χ3v) is 1.96. The highest BCUT2D eigenvalue weighted by molar-refractivity contribution is 5.65. The second-order valence-corrected chi connectivity index (χ2v) is 2.86. The largest absolute Gasteiger partial charge is 0.462 e. The van der Waals surface area contributed by atoms with Crippen LogP contribution < -0.4 is 4.90 Å². The lowest BCUT2D eigenvalue weighted by molar-refractivity contribution is 0.187. The van der Waals surface area contributed by atoms with E-state index in [2.05, 4.69) is 15.4 Å². The van der Waals surface area contributed by atoms with E-state index >= 15 is 0 Å². The van der Waals surface area contributed by atoms with Crippen LogP contribution in [0.15, 0.2) is 0 Å². The Morgan fingerprint density at radius 3 is 2.62 bits per heavy atom. The molecule has 1 aliphatic rings. The van der Waals surface area contributed by atoms with Crippen molar-refractivity contribution < 1.29 is 9.90 Å². The number of nitrogens with zero attached hydrogens (tertiary/aromatic N) is 5. The summed E-state index contributed by atoms with van der Waals surface area (Å²) in [7, 11) is 0. The molecule has 1 aromatic rings. The van der Waals surface area contributed by atoms with Crippen LogP contribution in [0, 0.1) is 0 Å². The molecule has 0 spiro atoms. The van der Waals surface area contributed by atoms with Crippen molar-refractivity contribution in [1.82, 2.24) is 20.2 Å². The van der Waals surface area contributed by atoms with Crippen LogP contribution in [0.4, 0.5) is 10.7 Å². The molecule has 13 heavy (non-hydrogen) atoms. The van der Waals surface area contributed by atoms with E-state index in [4.69, 9.17) is 5.11 Å². The quantitative estimate of drug-likeness (QED) is 0.649. The Morgan fingerprint density at radius 1 is 1.38 bits per heavy atom. The van der Waals surface area contributed by atoms with Gasteiger partial charge in [0.25, 0.3) is 5.95 Å². The van der Waals surface area contributed by atoms with Crippen molar-refractivity contribution in [2.75, 3.05) is 18.0 Å². The van der Waals surface area contributed by atoms with Crippen molar-refractivity contribution in [3.05, 3.63) is 0 Å². The minimum atomic E-state index is -1.21. The van der Waals surface area contributed by atoms with E-state index in [1.807, 2.05) is 4.90 Å². The van der Waals surface area contributed by atoms with Crippen molar-refractivity contribution in [3.8, 4) is 0 Å². The molecule has 0 atom stereocenters. The highest BCUT2D eigenvalue weighted by atomic mass is 16.4. The first-order chi connectivity index (χ1) is 6.27. The summed E-state index contributed by atoms with van der Waals surface area (Å²) in [6.07, 6.45) is 0.987. The zero-order valence-electron chi connectivity index (χ0n) is 6.92. The molecule has 0 unspecified atom stereocenters. The number of hydrogen-bond donors (Lipinski definition) is 1. The van der Waals surface area contributed by atoms with Crippen LogP contribution in [0.1, 0.15) is 12.8 Å². The van der Waals surface area contributed by atoms with Gasteiger partial charge < -0.3 is 10.0 Å². The van der Waals surface area contributed by atoms with Gasteiger partial charge in [-0.25, -0.2) is 4.79 Å². The Kier molecular flexibility index (Phi) is 1.84. The van der Waals surface area contributed by atoms with Gasteiger partial charge >= 0.3 is 6.09 Å².